The monoisotopic (exact) mass is 301 g/mol. The molecule has 0 aliphatic rings. The Balaban J connectivity index is 5.60. The zero-order valence-corrected chi connectivity index (χ0v) is 15.7. The van der Waals surface area contributed by atoms with Gasteiger partial charge in [0, 0.05) is 6.04 Å². The fraction of sp³-hybridized carbons (Fsp3) is 0.786. The van der Waals surface area contributed by atoms with Crippen LogP contribution in [0.5, 0.6) is 0 Å². The minimum absolute atomic E-state index is 0.0957. The molecule has 0 spiro atoms. The SMILES string of the molecule is C=CCC(C(C(=O)O)[Si](C)(C)C)N(CC)[Si](C)(C)C. The Bertz CT molecular complexity index is 318. The molecule has 0 fully saturated rings. The molecule has 0 aliphatic carbocycles. The van der Waals surface area contributed by atoms with Crippen LogP contribution in [0.4, 0.5) is 0 Å². The largest absolute Gasteiger partial charge is 0.481 e. The van der Waals surface area contributed by atoms with Crippen LogP contribution >= 0.6 is 0 Å². The molecule has 112 valence electrons. The van der Waals surface area contributed by atoms with E-state index in [-0.39, 0.29) is 11.6 Å². The van der Waals surface area contributed by atoms with Gasteiger partial charge in [-0.15, -0.1) is 6.58 Å². The fourth-order valence-electron chi connectivity index (χ4n) is 2.93. The van der Waals surface area contributed by atoms with Gasteiger partial charge < -0.3 is 9.67 Å². The summed E-state index contributed by atoms with van der Waals surface area (Å²) in [4.78, 5) is 11.8. The predicted molar refractivity (Wildman–Crippen MR) is 89.1 cm³/mol. The van der Waals surface area contributed by atoms with E-state index in [1.165, 1.54) is 0 Å². The first-order valence-electron chi connectivity index (χ1n) is 7.07. The Labute approximate surface area is 120 Å². The summed E-state index contributed by atoms with van der Waals surface area (Å²) < 4.78 is 2.45. The molecule has 0 aromatic heterocycles. The molecule has 1 N–H and O–H groups in total. The number of aliphatic carboxylic acids is 1. The van der Waals surface area contributed by atoms with Gasteiger partial charge in [-0.05, 0) is 13.0 Å². The first-order chi connectivity index (χ1) is 8.46. The lowest BCUT2D eigenvalue weighted by molar-refractivity contribution is -0.138. The molecule has 19 heavy (non-hydrogen) atoms. The number of carboxylic acids is 1. The molecule has 5 heteroatoms. The predicted octanol–water partition coefficient (Wildman–Crippen LogP) is 3.88. The number of hydrogen-bond acceptors (Lipinski definition) is 2. The van der Waals surface area contributed by atoms with Crippen LogP contribution in [-0.4, -0.2) is 44.5 Å². The lowest BCUT2D eigenvalue weighted by Crippen LogP contribution is -2.57. The number of rotatable bonds is 8. The lowest BCUT2D eigenvalue weighted by atomic mass is 10.1. The summed E-state index contributed by atoms with van der Waals surface area (Å²) in [7, 11) is -3.30. The third-order valence-electron chi connectivity index (χ3n) is 3.59. The van der Waals surface area contributed by atoms with Gasteiger partial charge in [0.25, 0.3) is 0 Å². The Hall–Kier alpha value is -0.396. The van der Waals surface area contributed by atoms with Crippen molar-refractivity contribution in [2.24, 2.45) is 0 Å². The number of carbonyl (C=O) groups is 1. The van der Waals surface area contributed by atoms with E-state index in [4.69, 9.17) is 0 Å². The van der Waals surface area contributed by atoms with Crippen LogP contribution in [0, 0.1) is 0 Å². The Kier molecular flexibility index (Phi) is 6.71. The maximum Gasteiger partial charge on any atom is 0.305 e. The molecular weight excluding hydrogens is 270 g/mol. The second kappa shape index (κ2) is 6.86. The van der Waals surface area contributed by atoms with Crippen molar-refractivity contribution in [1.29, 1.82) is 0 Å². The van der Waals surface area contributed by atoms with Gasteiger partial charge in [0.15, 0.2) is 0 Å². The highest BCUT2D eigenvalue weighted by atomic mass is 28.3. The smallest absolute Gasteiger partial charge is 0.305 e. The molecule has 0 amide bonds. The highest BCUT2D eigenvalue weighted by Gasteiger charge is 2.43. The fourth-order valence-corrected chi connectivity index (χ4v) is 7.49. The van der Waals surface area contributed by atoms with Gasteiger partial charge in [-0.2, -0.15) is 0 Å². The van der Waals surface area contributed by atoms with E-state index in [1.54, 1.807) is 0 Å². The number of hydrogen-bond donors (Lipinski definition) is 1. The molecule has 0 radical (unpaired) electrons. The maximum absolute atomic E-state index is 11.8. The third kappa shape index (κ3) is 5.24. The second-order valence-corrected chi connectivity index (χ2v) is 17.5. The van der Waals surface area contributed by atoms with E-state index < -0.39 is 22.3 Å². The molecule has 2 atom stereocenters. The molecule has 3 nitrogen and oxygen atoms in total. The Morgan fingerprint density at radius 3 is 1.95 bits per heavy atom. The molecule has 0 saturated carbocycles. The van der Waals surface area contributed by atoms with Crippen molar-refractivity contribution in [2.75, 3.05) is 6.54 Å². The number of nitrogens with zero attached hydrogens (tertiary/aromatic N) is 1. The Morgan fingerprint density at radius 2 is 1.74 bits per heavy atom. The van der Waals surface area contributed by atoms with Crippen molar-refractivity contribution in [3.8, 4) is 0 Å². The average molecular weight is 302 g/mol. The average Bonchev–Trinajstić information content (AvgIpc) is 2.13. The summed E-state index contributed by atoms with van der Waals surface area (Å²) in [5, 5.41) is 9.71. The van der Waals surface area contributed by atoms with Crippen molar-refractivity contribution in [2.45, 2.75) is 64.2 Å². The van der Waals surface area contributed by atoms with Crippen molar-refractivity contribution >= 4 is 22.3 Å². The van der Waals surface area contributed by atoms with E-state index in [9.17, 15) is 9.90 Å². The van der Waals surface area contributed by atoms with Gasteiger partial charge in [-0.1, -0.05) is 52.3 Å². The zero-order chi connectivity index (χ0) is 15.4. The third-order valence-corrected chi connectivity index (χ3v) is 8.46. The molecule has 0 aromatic rings. The minimum Gasteiger partial charge on any atom is -0.481 e. The van der Waals surface area contributed by atoms with Gasteiger partial charge in [-0.3, -0.25) is 4.79 Å². The van der Waals surface area contributed by atoms with Crippen molar-refractivity contribution in [3.05, 3.63) is 12.7 Å². The van der Waals surface area contributed by atoms with Crippen LogP contribution in [0.25, 0.3) is 0 Å². The summed E-state index contributed by atoms with van der Waals surface area (Å²) >= 11 is 0. The van der Waals surface area contributed by atoms with Gasteiger partial charge in [0.2, 0.25) is 0 Å². The standard InChI is InChI=1S/C14H31NO2Si2/c1-9-11-12(15(10-2)19(6,7)8)13(14(16)17)18(3,4)5/h9,12-13H,1,10-11H2,2-8H3,(H,16,17). The molecule has 2 unspecified atom stereocenters. The van der Waals surface area contributed by atoms with Gasteiger partial charge in [0.05, 0.1) is 13.6 Å². The van der Waals surface area contributed by atoms with Gasteiger partial charge in [0.1, 0.15) is 8.24 Å². The van der Waals surface area contributed by atoms with E-state index in [1.807, 2.05) is 6.08 Å². The molecule has 0 aromatic carbocycles. The minimum atomic E-state index is -1.77. The van der Waals surface area contributed by atoms with E-state index in [0.717, 1.165) is 13.0 Å². The van der Waals surface area contributed by atoms with Crippen molar-refractivity contribution < 1.29 is 9.90 Å². The van der Waals surface area contributed by atoms with E-state index >= 15 is 0 Å². The van der Waals surface area contributed by atoms with E-state index in [0.29, 0.717) is 0 Å². The highest BCUT2D eigenvalue weighted by molar-refractivity contribution is 6.81. The van der Waals surface area contributed by atoms with Crippen LogP contribution in [0.2, 0.25) is 44.8 Å². The summed E-state index contributed by atoms with van der Waals surface area (Å²) in [6, 6.07) is 0.0957. The quantitative estimate of drug-likeness (QED) is 0.546. The van der Waals surface area contributed by atoms with Gasteiger partial charge in [-0.25, -0.2) is 0 Å². The normalized spacial score (nSPS) is 16.2. The summed E-state index contributed by atoms with van der Waals surface area (Å²) in [5.74, 6) is -0.636. The van der Waals surface area contributed by atoms with Crippen LogP contribution < -0.4 is 0 Å². The van der Waals surface area contributed by atoms with E-state index in [2.05, 4.69) is 57.4 Å². The molecule has 0 rings (SSSR count). The molecule has 0 aliphatic heterocycles. The molecule has 0 saturated heterocycles. The van der Waals surface area contributed by atoms with Crippen molar-refractivity contribution in [1.82, 2.24) is 4.57 Å². The second-order valence-electron chi connectivity index (χ2n) is 7.23. The summed E-state index contributed by atoms with van der Waals surface area (Å²) in [6.45, 7) is 20.2. The first kappa shape index (κ1) is 18.6. The topological polar surface area (TPSA) is 40.5 Å². The van der Waals surface area contributed by atoms with Crippen LogP contribution in [-0.2, 0) is 4.79 Å². The maximum atomic E-state index is 11.8. The first-order valence-corrected chi connectivity index (χ1v) is 14.1. The molecule has 0 heterocycles. The van der Waals surface area contributed by atoms with Gasteiger partial charge >= 0.3 is 5.97 Å². The van der Waals surface area contributed by atoms with Crippen LogP contribution in [0.3, 0.4) is 0 Å². The lowest BCUT2D eigenvalue weighted by Gasteiger charge is -2.45. The summed E-state index contributed by atoms with van der Waals surface area (Å²) in [5.41, 5.74) is -0.239. The van der Waals surface area contributed by atoms with Crippen molar-refractivity contribution in [3.63, 3.8) is 0 Å². The summed E-state index contributed by atoms with van der Waals surface area (Å²) in [6.07, 6.45) is 2.64. The van der Waals surface area contributed by atoms with Crippen LogP contribution in [0.15, 0.2) is 12.7 Å². The molecule has 0 bridgehead atoms. The van der Waals surface area contributed by atoms with Crippen LogP contribution in [0.1, 0.15) is 13.3 Å². The zero-order valence-electron chi connectivity index (χ0n) is 13.7. The Morgan fingerprint density at radius 1 is 1.26 bits per heavy atom. The highest BCUT2D eigenvalue weighted by Crippen LogP contribution is 2.33. The number of carboxylic acid groups (broad SMARTS) is 1. The molecular formula is C14H31NO2Si2.